The van der Waals surface area contributed by atoms with E-state index in [1.807, 2.05) is 13.8 Å². The summed E-state index contributed by atoms with van der Waals surface area (Å²) in [5.74, 6) is -0.168. The molecule has 1 aliphatic rings. The average molecular weight is 393 g/mol. The Kier molecular flexibility index (Phi) is 5.37. The minimum Gasteiger partial charge on any atom is -0.341 e. The van der Waals surface area contributed by atoms with E-state index in [0.29, 0.717) is 18.5 Å². The molecule has 1 aliphatic heterocycles. The van der Waals surface area contributed by atoms with Crippen molar-refractivity contribution in [2.45, 2.75) is 39.3 Å². The number of likely N-dealkylation sites (N-methyl/N-ethyl adjacent to an activating group) is 1. The van der Waals surface area contributed by atoms with Crippen LogP contribution in [0.2, 0.25) is 0 Å². The monoisotopic (exact) mass is 393 g/mol. The summed E-state index contributed by atoms with van der Waals surface area (Å²) in [6.45, 7) is 4.16. The highest BCUT2D eigenvalue weighted by molar-refractivity contribution is 7.91. The van der Waals surface area contributed by atoms with Gasteiger partial charge in [-0.3, -0.25) is 9.48 Å². The highest BCUT2D eigenvalue weighted by Gasteiger charge is 2.31. The zero-order valence-electron chi connectivity index (χ0n) is 15.8. The number of carbonyl (C=O) groups is 1. The van der Waals surface area contributed by atoms with Gasteiger partial charge < -0.3 is 4.90 Å². The molecule has 2 aromatic rings. The van der Waals surface area contributed by atoms with Crippen LogP contribution in [0.1, 0.15) is 35.0 Å². The molecule has 0 aliphatic carbocycles. The highest BCUT2D eigenvalue weighted by atomic mass is 32.2. The number of sulfone groups is 1. The van der Waals surface area contributed by atoms with Crippen LogP contribution >= 0.6 is 0 Å². The van der Waals surface area contributed by atoms with Gasteiger partial charge in [0.05, 0.1) is 29.7 Å². The maximum absolute atomic E-state index is 13.3. The molecule has 0 bridgehead atoms. The van der Waals surface area contributed by atoms with Gasteiger partial charge in [-0.25, -0.2) is 12.8 Å². The molecule has 3 rings (SSSR count). The van der Waals surface area contributed by atoms with Crippen LogP contribution in [0, 0.1) is 19.7 Å². The Morgan fingerprint density at radius 3 is 2.74 bits per heavy atom. The number of amides is 1. The van der Waals surface area contributed by atoms with E-state index in [4.69, 9.17) is 0 Å². The summed E-state index contributed by atoms with van der Waals surface area (Å²) < 4.78 is 38.6. The van der Waals surface area contributed by atoms with E-state index in [0.717, 1.165) is 17.0 Å². The minimum atomic E-state index is -2.99. The van der Waals surface area contributed by atoms with Gasteiger partial charge >= 0.3 is 0 Å². The molecule has 27 heavy (non-hydrogen) atoms. The molecule has 1 amide bonds. The lowest BCUT2D eigenvalue weighted by atomic mass is 10.1. The van der Waals surface area contributed by atoms with Crippen molar-refractivity contribution in [3.05, 3.63) is 52.6 Å². The minimum absolute atomic E-state index is 0.114. The number of aryl methyl sites for hydroxylation is 1. The first-order chi connectivity index (χ1) is 12.7. The second-order valence-corrected chi connectivity index (χ2v) is 9.44. The molecule has 0 radical (unpaired) electrons. The summed E-state index contributed by atoms with van der Waals surface area (Å²) in [7, 11) is -1.29. The van der Waals surface area contributed by atoms with Crippen LogP contribution in [-0.2, 0) is 27.6 Å². The van der Waals surface area contributed by atoms with Gasteiger partial charge in [0.15, 0.2) is 9.84 Å². The Morgan fingerprint density at radius 2 is 2.11 bits per heavy atom. The van der Waals surface area contributed by atoms with Crippen molar-refractivity contribution < 1.29 is 17.6 Å². The largest absolute Gasteiger partial charge is 0.341 e. The molecule has 1 aromatic heterocycles. The highest BCUT2D eigenvalue weighted by Crippen LogP contribution is 2.27. The fourth-order valence-electron chi connectivity index (χ4n) is 3.53. The van der Waals surface area contributed by atoms with E-state index >= 15 is 0 Å². The van der Waals surface area contributed by atoms with E-state index in [-0.39, 0.29) is 35.7 Å². The van der Waals surface area contributed by atoms with Crippen molar-refractivity contribution in [1.29, 1.82) is 0 Å². The van der Waals surface area contributed by atoms with Gasteiger partial charge in [0.1, 0.15) is 5.82 Å². The maximum Gasteiger partial charge on any atom is 0.227 e. The second kappa shape index (κ2) is 7.42. The average Bonchev–Trinajstić information content (AvgIpc) is 3.08. The normalized spacial score (nSPS) is 18.6. The van der Waals surface area contributed by atoms with Crippen molar-refractivity contribution >= 4 is 15.7 Å². The van der Waals surface area contributed by atoms with E-state index in [2.05, 4.69) is 5.10 Å². The quantitative estimate of drug-likeness (QED) is 0.781. The van der Waals surface area contributed by atoms with Gasteiger partial charge in [-0.15, -0.1) is 0 Å². The molecule has 0 unspecified atom stereocenters. The Bertz CT molecular complexity index is 969. The zero-order valence-corrected chi connectivity index (χ0v) is 16.6. The molecule has 146 valence electrons. The first kappa shape index (κ1) is 19.5. The smallest absolute Gasteiger partial charge is 0.227 e. The molecule has 0 N–H and O–H groups in total. The Morgan fingerprint density at radius 1 is 1.37 bits per heavy atom. The van der Waals surface area contributed by atoms with Crippen molar-refractivity contribution in [3.8, 4) is 0 Å². The fraction of sp³-hybridized carbons (Fsp3) is 0.474. The molecule has 6 nitrogen and oxygen atoms in total. The third-order valence-corrected chi connectivity index (χ3v) is 6.84. The first-order valence-corrected chi connectivity index (χ1v) is 10.7. The van der Waals surface area contributed by atoms with Gasteiger partial charge in [-0.1, -0.05) is 12.1 Å². The molecular weight excluding hydrogens is 369 g/mol. The van der Waals surface area contributed by atoms with Crippen molar-refractivity contribution in [1.82, 2.24) is 14.7 Å². The van der Waals surface area contributed by atoms with Gasteiger partial charge in [0.25, 0.3) is 0 Å². The van der Waals surface area contributed by atoms with Crippen LogP contribution in [0.15, 0.2) is 24.3 Å². The van der Waals surface area contributed by atoms with Crippen LogP contribution in [0.25, 0.3) is 0 Å². The van der Waals surface area contributed by atoms with Crippen LogP contribution < -0.4 is 0 Å². The molecular formula is C19H24FN3O3S. The number of hydrogen-bond donors (Lipinski definition) is 0. The first-order valence-electron chi connectivity index (χ1n) is 8.89. The number of rotatable bonds is 5. The van der Waals surface area contributed by atoms with Crippen molar-refractivity contribution in [2.24, 2.45) is 0 Å². The van der Waals surface area contributed by atoms with Crippen LogP contribution in [0.3, 0.4) is 0 Å². The second-order valence-electron chi connectivity index (χ2n) is 7.21. The number of carbonyl (C=O) groups excluding carboxylic acids is 1. The summed E-state index contributed by atoms with van der Waals surface area (Å²) in [6, 6.07) is 5.88. The summed E-state index contributed by atoms with van der Waals surface area (Å²) >= 11 is 0. The summed E-state index contributed by atoms with van der Waals surface area (Å²) in [5.41, 5.74) is 3.24. The molecule has 1 fully saturated rings. The van der Waals surface area contributed by atoms with Crippen LogP contribution in [-0.4, -0.2) is 47.6 Å². The molecule has 0 saturated carbocycles. The lowest BCUT2D eigenvalue weighted by molar-refractivity contribution is -0.129. The topological polar surface area (TPSA) is 72.3 Å². The Hall–Kier alpha value is -2.22. The number of hydrogen-bond acceptors (Lipinski definition) is 4. The molecule has 0 spiro atoms. The van der Waals surface area contributed by atoms with Gasteiger partial charge in [-0.05, 0) is 38.0 Å². The van der Waals surface area contributed by atoms with E-state index in [9.17, 15) is 17.6 Å². The number of aromatic nitrogens is 2. The van der Waals surface area contributed by atoms with Gasteiger partial charge in [0, 0.05) is 24.8 Å². The SMILES string of the molecule is Cc1nn([C@@H]2CCS(=O)(=O)C2)c(C)c1CN(C)C(=O)Cc1cccc(F)c1. The van der Waals surface area contributed by atoms with E-state index in [1.165, 1.54) is 12.1 Å². The number of benzene rings is 1. The molecule has 1 aromatic carbocycles. The molecule has 8 heteroatoms. The number of halogens is 1. The predicted molar refractivity (Wildman–Crippen MR) is 101 cm³/mol. The van der Waals surface area contributed by atoms with Gasteiger partial charge in [-0.2, -0.15) is 5.10 Å². The lowest BCUT2D eigenvalue weighted by Crippen LogP contribution is -2.28. The van der Waals surface area contributed by atoms with Gasteiger partial charge in [0.2, 0.25) is 5.91 Å². The summed E-state index contributed by atoms with van der Waals surface area (Å²) in [6.07, 6.45) is 0.694. The lowest BCUT2D eigenvalue weighted by Gasteiger charge is -2.18. The van der Waals surface area contributed by atoms with Crippen LogP contribution in [0.4, 0.5) is 4.39 Å². The predicted octanol–water partition coefficient (Wildman–Crippen LogP) is 2.20. The zero-order chi connectivity index (χ0) is 19.8. The summed E-state index contributed by atoms with van der Waals surface area (Å²) in [4.78, 5) is 14.1. The summed E-state index contributed by atoms with van der Waals surface area (Å²) in [5, 5.41) is 4.53. The van der Waals surface area contributed by atoms with E-state index in [1.54, 1.807) is 28.8 Å². The maximum atomic E-state index is 13.3. The third-order valence-electron chi connectivity index (χ3n) is 5.09. The third kappa shape index (κ3) is 4.37. The Labute approximate surface area is 158 Å². The standard InChI is InChI=1S/C19H24FN3O3S/c1-13-18(14(2)23(21-13)17-7-8-27(25,26)12-17)11-22(3)19(24)10-15-5-4-6-16(20)9-15/h4-6,9,17H,7-8,10-12H2,1-3H3/t17-/m1/s1. The number of nitrogens with zero attached hydrogens (tertiary/aromatic N) is 3. The molecule has 1 saturated heterocycles. The molecule has 1 atom stereocenters. The van der Waals surface area contributed by atoms with E-state index < -0.39 is 9.84 Å². The molecule has 2 heterocycles. The fourth-order valence-corrected chi connectivity index (χ4v) is 5.22. The van der Waals surface area contributed by atoms with Crippen LogP contribution in [0.5, 0.6) is 0 Å². The van der Waals surface area contributed by atoms with Crippen molar-refractivity contribution in [2.75, 3.05) is 18.6 Å². The van der Waals surface area contributed by atoms with Crippen molar-refractivity contribution in [3.63, 3.8) is 0 Å². The Balaban J connectivity index is 1.72.